The molecule has 0 radical (unpaired) electrons. The molecule has 1 fully saturated rings. The van der Waals surface area contributed by atoms with E-state index in [2.05, 4.69) is 27.1 Å². The Labute approximate surface area is 200 Å². The fraction of sp³-hybridized carbons (Fsp3) is 0.280. The highest BCUT2D eigenvalue weighted by atomic mass is 16.6. The van der Waals surface area contributed by atoms with E-state index in [-0.39, 0.29) is 30.4 Å². The van der Waals surface area contributed by atoms with E-state index in [1.165, 1.54) is 17.2 Å². The second kappa shape index (κ2) is 8.12. The van der Waals surface area contributed by atoms with Crippen LogP contribution in [0.5, 0.6) is 0 Å². The fourth-order valence-corrected chi connectivity index (χ4v) is 5.16. The summed E-state index contributed by atoms with van der Waals surface area (Å²) < 4.78 is 13.3. The lowest BCUT2D eigenvalue weighted by atomic mass is 9.98. The van der Waals surface area contributed by atoms with Crippen molar-refractivity contribution in [3.63, 3.8) is 0 Å². The van der Waals surface area contributed by atoms with Crippen molar-refractivity contribution in [2.45, 2.75) is 30.3 Å². The van der Waals surface area contributed by atoms with Gasteiger partial charge in [0, 0.05) is 12.3 Å². The number of imidazole rings is 1. The third-order valence-corrected chi connectivity index (χ3v) is 6.85. The molecule has 10 nitrogen and oxygen atoms in total. The van der Waals surface area contributed by atoms with E-state index in [9.17, 15) is 15.0 Å². The van der Waals surface area contributed by atoms with Gasteiger partial charge in [-0.05, 0) is 22.3 Å². The molecule has 6 rings (SSSR count). The highest BCUT2D eigenvalue weighted by Crippen LogP contribution is 2.45. The Kier molecular flexibility index (Phi) is 5.03. The van der Waals surface area contributed by atoms with E-state index < -0.39 is 30.5 Å². The van der Waals surface area contributed by atoms with Gasteiger partial charge in [0.2, 0.25) is 5.72 Å². The van der Waals surface area contributed by atoms with Crippen LogP contribution in [-0.2, 0) is 20.0 Å². The fourth-order valence-electron chi connectivity index (χ4n) is 5.16. The van der Waals surface area contributed by atoms with Crippen LogP contribution in [0.4, 0.5) is 5.82 Å². The van der Waals surface area contributed by atoms with E-state index in [0.29, 0.717) is 5.52 Å². The lowest BCUT2D eigenvalue weighted by Crippen LogP contribution is -2.44. The average molecular weight is 473 g/mol. The molecular weight excluding hydrogens is 450 g/mol. The minimum atomic E-state index is -1.78. The Morgan fingerprint density at radius 1 is 1.11 bits per heavy atom. The molecule has 3 atom stereocenters. The maximum absolute atomic E-state index is 13.7. The molecule has 2 aliphatic rings. The summed E-state index contributed by atoms with van der Waals surface area (Å²) in [5.74, 6) is -0.722. The number of anilines is 1. The van der Waals surface area contributed by atoms with Gasteiger partial charge in [0.25, 0.3) is 0 Å². The summed E-state index contributed by atoms with van der Waals surface area (Å²) in [6.07, 6.45) is 0.397. The van der Waals surface area contributed by atoms with Gasteiger partial charge < -0.3 is 25.4 Å². The predicted molar refractivity (Wildman–Crippen MR) is 125 cm³/mol. The number of benzene rings is 2. The maximum Gasteiger partial charge on any atom is 0.360 e. The Morgan fingerprint density at radius 2 is 1.80 bits per heavy atom. The van der Waals surface area contributed by atoms with E-state index in [0.717, 1.165) is 22.3 Å². The molecule has 0 amide bonds. The first-order chi connectivity index (χ1) is 17.0. The SMILES string of the molecule is Nc1ncnc2c1ncn2[C@@]1(C(=O)OCC2c3ccccc3-c3ccccc32)C[C@H](O)[C@@H](CO)O1. The first-order valence-corrected chi connectivity index (χ1v) is 11.3. The number of ether oxygens (including phenoxy) is 2. The normalized spacial score (nSPS) is 23.4. The molecule has 0 bridgehead atoms. The van der Waals surface area contributed by atoms with Gasteiger partial charge >= 0.3 is 5.97 Å². The molecule has 0 spiro atoms. The number of hydrogen-bond acceptors (Lipinski definition) is 9. The van der Waals surface area contributed by atoms with Gasteiger partial charge in [-0.3, -0.25) is 4.57 Å². The third-order valence-electron chi connectivity index (χ3n) is 6.85. The van der Waals surface area contributed by atoms with Gasteiger partial charge in [0.15, 0.2) is 11.5 Å². The number of carbonyl (C=O) groups is 1. The van der Waals surface area contributed by atoms with Crippen LogP contribution in [0.3, 0.4) is 0 Å². The van der Waals surface area contributed by atoms with Gasteiger partial charge in [0.1, 0.15) is 30.9 Å². The van der Waals surface area contributed by atoms with Crippen molar-refractivity contribution >= 4 is 23.0 Å². The minimum absolute atomic E-state index is 0.0710. The molecule has 0 saturated carbocycles. The zero-order valence-electron chi connectivity index (χ0n) is 18.6. The third kappa shape index (κ3) is 3.22. The molecule has 10 heteroatoms. The number of fused-ring (bicyclic) bond motifs is 4. The number of nitrogens with zero attached hydrogens (tertiary/aromatic N) is 4. The average Bonchev–Trinajstić information content (AvgIpc) is 3.56. The van der Waals surface area contributed by atoms with Crippen LogP contribution in [0.1, 0.15) is 23.5 Å². The van der Waals surface area contributed by atoms with Crippen LogP contribution in [0.15, 0.2) is 61.2 Å². The molecule has 2 aromatic carbocycles. The summed E-state index contributed by atoms with van der Waals surface area (Å²) in [4.78, 5) is 26.1. The molecule has 4 aromatic rings. The number of aromatic nitrogens is 4. The molecule has 35 heavy (non-hydrogen) atoms. The second-order valence-corrected chi connectivity index (χ2v) is 8.77. The van der Waals surface area contributed by atoms with E-state index in [1.807, 2.05) is 36.4 Å². The van der Waals surface area contributed by atoms with Gasteiger partial charge in [-0.1, -0.05) is 48.5 Å². The number of aliphatic hydroxyl groups is 2. The number of hydrogen-bond donors (Lipinski definition) is 3. The molecule has 3 heterocycles. The summed E-state index contributed by atoms with van der Waals surface area (Å²) in [7, 11) is 0. The quantitative estimate of drug-likeness (QED) is 0.368. The molecule has 1 aliphatic heterocycles. The standard InChI is InChI=1S/C25H23N5O5/c26-22-21-23(28-12-27-22)30(13-29-21)25(9-19(32)20(10-31)35-25)24(33)34-11-18-16-7-3-1-5-14(16)15-6-2-4-8-17(15)18/h1-8,12-13,18-20,31-32H,9-11H2,(H2,26,27,28)/t19-,20+,25-/m0/s1. The van der Waals surface area contributed by atoms with Gasteiger partial charge in [-0.25, -0.2) is 19.7 Å². The molecular formula is C25H23N5O5. The Hall–Kier alpha value is -3.86. The molecule has 178 valence electrons. The summed E-state index contributed by atoms with van der Waals surface area (Å²) in [6, 6.07) is 16.1. The Bertz CT molecular complexity index is 1390. The molecule has 4 N–H and O–H groups in total. The number of esters is 1. The Morgan fingerprint density at radius 3 is 2.46 bits per heavy atom. The van der Waals surface area contributed by atoms with Crippen LogP contribution >= 0.6 is 0 Å². The van der Waals surface area contributed by atoms with Crippen LogP contribution in [-0.4, -0.2) is 61.1 Å². The summed E-state index contributed by atoms with van der Waals surface area (Å²) in [6.45, 7) is -0.398. The van der Waals surface area contributed by atoms with Crippen molar-refractivity contribution in [1.82, 2.24) is 19.5 Å². The molecule has 1 aliphatic carbocycles. The largest absolute Gasteiger partial charge is 0.461 e. The lowest BCUT2D eigenvalue weighted by molar-refractivity contribution is -0.188. The van der Waals surface area contributed by atoms with Gasteiger partial charge in [-0.15, -0.1) is 0 Å². The van der Waals surface area contributed by atoms with Crippen LogP contribution < -0.4 is 5.73 Å². The van der Waals surface area contributed by atoms with Gasteiger partial charge in [-0.2, -0.15) is 0 Å². The first kappa shape index (κ1) is 21.7. The van der Waals surface area contributed by atoms with Crippen molar-refractivity contribution < 1.29 is 24.5 Å². The van der Waals surface area contributed by atoms with Crippen molar-refractivity contribution in [3.8, 4) is 11.1 Å². The summed E-state index contributed by atoms with van der Waals surface area (Å²) >= 11 is 0. The first-order valence-electron chi connectivity index (χ1n) is 11.3. The second-order valence-electron chi connectivity index (χ2n) is 8.77. The zero-order chi connectivity index (χ0) is 24.2. The number of carbonyl (C=O) groups excluding carboxylic acids is 1. The number of aliphatic hydroxyl groups excluding tert-OH is 2. The Balaban J connectivity index is 1.36. The van der Waals surface area contributed by atoms with Crippen molar-refractivity contribution in [1.29, 1.82) is 0 Å². The summed E-state index contributed by atoms with van der Waals surface area (Å²) in [5, 5.41) is 20.3. The van der Waals surface area contributed by atoms with Crippen LogP contribution in [0.2, 0.25) is 0 Å². The monoisotopic (exact) mass is 473 g/mol. The topological polar surface area (TPSA) is 146 Å². The van der Waals surface area contributed by atoms with Gasteiger partial charge in [0.05, 0.1) is 12.7 Å². The summed E-state index contributed by atoms with van der Waals surface area (Å²) in [5.41, 5.74) is 9.07. The minimum Gasteiger partial charge on any atom is -0.461 e. The lowest BCUT2D eigenvalue weighted by Gasteiger charge is -2.29. The number of rotatable bonds is 5. The van der Waals surface area contributed by atoms with Crippen molar-refractivity contribution in [2.75, 3.05) is 18.9 Å². The highest BCUT2D eigenvalue weighted by molar-refractivity contribution is 5.85. The molecule has 1 saturated heterocycles. The zero-order valence-corrected chi connectivity index (χ0v) is 18.6. The van der Waals surface area contributed by atoms with Crippen molar-refractivity contribution in [3.05, 3.63) is 72.3 Å². The molecule has 2 aromatic heterocycles. The van der Waals surface area contributed by atoms with Crippen LogP contribution in [0, 0.1) is 0 Å². The molecule has 0 unspecified atom stereocenters. The maximum atomic E-state index is 13.7. The number of nitrogens with two attached hydrogens (primary N) is 1. The highest BCUT2D eigenvalue weighted by Gasteiger charge is 2.55. The number of nitrogen functional groups attached to an aromatic ring is 1. The van der Waals surface area contributed by atoms with Crippen LogP contribution in [0.25, 0.3) is 22.3 Å². The van der Waals surface area contributed by atoms with Crippen molar-refractivity contribution in [2.24, 2.45) is 0 Å². The van der Waals surface area contributed by atoms with E-state index in [4.69, 9.17) is 15.2 Å². The smallest absolute Gasteiger partial charge is 0.360 e. The van der Waals surface area contributed by atoms with E-state index in [1.54, 1.807) is 0 Å². The van der Waals surface area contributed by atoms with E-state index >= 15 is 0 Å². The predicted octanol–water partition coefficient (Wildman–Crippen LogP) is 1.56.